The molecule has 1 amide bonds. The molecule has 1 aromatic rings. The number of rotatable bonds is 4. The van der Waals surface area contributed by atoms with Gasteiger partial charge in [-0.05, 0) is 53.2 Å². The fraction of sp³-hybridized carbons (Fsp3) is 0.529. The maximum Gasteiger partial charge on any atom is 0.414 e. The van der Waals surface area contributed by atoms with E-state index >= 15 is 0 Å². The fourth-order valence-electron chi connectivity index (χ4n) is 1.83. The topological polar surface area (TPSA) is 55.8 Å². The molecule has 5 heteroatoms. The van der Waals surface area contributed by atoms with Crippen molar-refractivity contribution in [1.29, 1.82) is 0 Å². The van der Waals surface area contributed by atoms with Crippen molar-refractivity contribution in [1.82, 2.24) is 0 Å². The summed E-state index contributed by atoms with van der Waals surface area (Å²) in [5.74, 6) is 0.0558. The number of carbonyl (C=O) groups excluding carboxylic acids is 2. The lowest BCUT2D eigenvalue weighted by Crippen LogP contribution is -2.33. The van der Waals surface area contributed by atoms with E-state index in [4.69, 9.17) is 9.47 Å². The number of amides is 1. The van der Waals surface area contributed by atoms with Crippen LogP contribution in [0.5, 0.6) is 5.75 Å². The second-order valence-corrected chi connectivity index (χ2v) is 6.01. The highest BCUT2D eigenvalue weighted by Crippen LogP contribution is 2.34. The average molecular weight is 307 g/mol. The lowest BCUT2D eigenvalue weighted by Gasteiger charge is -2.25. The van der Waals surface area contributed by atoms with Crippen molar-refractivity contribution in [3.05, 3.63) is 23.8 Å². The number of hydrogen-bond acceptors (Lipinski definition) is 4. The van der Waals surface area contributed by atoms with Gasteiger partial charge in [0.15, 0.2) is 5.75 Å². The molecule has 0 aromatic heterocycles. The van der Waals surface area contributed by atoms with Crippen LogP contribution in [0.1, 0.15) is 40.2 Å². The Kier molecular flexibility index (Phi) is 5.97. The Morgan fingerprint density at radius 3 is 2.32 bits per heavy atom. The van der Waals surface area contributed by atoms with Crippen molar-refractivity contribution in [3.8, 4) is 5.75 Å². The van der Waals surface area contributed by atoms with Gasteiger partial charge in [0.25, 0.3) is 0 Å². The molecule has 0 aliphatic rings. The molecule has 0 heterocycles. The van der Waals surface area contributed by atoms with Crippen LogP contribution in [-0.4, -0.2) is 25.2 Å². The summed E-state index contributed by atoms with van der Waals surface area (Å²) in [6.07, 6.45) is -0.455. The Hall–Kier alpha value is -2.04. The lowest BCUT2D eigenvalue weighted by molar-refractivity contribution is -0.143. The first kappa shape index (κ1) is 18.0. The molecule has 0 N–H and O–H groups in total. The maximum absolute atomic E-state index is 12.2. The molecule has 0 saturated carbocycles. The van der Waals surface area contributed by atoms with Crippen molar-refractivity contribution in [2.24, 2.45) is 5.41 Å². The van der Waals surface area contributed by atoms with E-state index in [0.29, 0.717) is 18.0 Å². The third-order valence-corrected chi connectivity index (χ3v) is 3.09. The van der Waals surface area contributed by atoms with Gasteiger partial charge < -0.3 is 9.47 Å². The van der Waals surface area contributed by atoms with E-state index in [-0.39, 0.29) is 12.6 Å². The summed E-state index contributed by atoms with van der Waals surface area (Å²) in [6.45, 7) is 11.5. The number of benzene rings is 1. The standard InChI is InChI=1S/C17H25NO4/c1-7-18(16(20)21-8-2)13-11-9-10-12(3)14(13)22-15(19)17(4,5)6/h9-11H,7-8H2,1-6H3. The summed E-state index contributed by atoms with van der Waals surface area (Å²) in [6, 6.07) is 5.41. The molecule has 0 unspecified atom stereocenters. The van der Waals surface area contributed by atoms with Crippen LogP contribution in [0.25, 0.3) is 0 Å². The monoisotopic (exact) mass is 307 g/mol. The first-order valence-electron chi connectivity index (χ1n) is 7.48. The van der Waals surface area contributed by atoms with Crippen molar-refractivity contribution in [3.63, 3.8) is 0 Å². The van der Waals surface area contributed by atoms with Gasteiger partial charge in [-0.1, -0.05) is 12.1 Å². The van der Waals surface area contributed by atoms with E-state index in [9.17, 15) is 9.59 Å². The normalized spacial score (nSPS) is 11.0. The number of aryl methyl sites for hydroxylation is 1. The summed E-state index contributed by atoms with van der Waals surface area (Å²) < 4.78 is 10.6. The highest BCUT2D eigenvalue weighted by molar-refractivity contribution is 5.91. The number of hydrogen-bond donors (Lipinski definition) is 0. The summed E-state index contributed by atoms with van der Waals surface area (Å²) in [4.78, 5) is 25.7. The zero-order valence-corrected chi connectivity index (χ0v) is 14.2. The van der Waals surface area contributed by atoms with E-state index < -0.39 is 11.5 Å². The largest absolute Gasteiger partial charge is 0.449 e. The first-order chi connectivity index (χ1) is 10.2. The molecule has 22 heavy (non-hydrogen) atoms. The van der Waals surface area contributed by atoms with Gasteiger partial charge in [-0.15, -0.1) is 0 Å². The van der Waals surface area contributed by atoms with Gasteiger partial charge in [-0.2, -0.15) is 0 Å². The minimum atomic E-state index is -0.624. The van der Waals surface area contributed by atoms with Gasteiger partial charge in [-0.25, -0.2) is 4.79 Å². The molecule has 0 atom stereocenters. The van der Waals surface area contributed by atoms with Gasteiger partial charge in [-0.3, -0.25) is 9.69 Å². The number of para-hydroxylation sites is 1. The predicted molar refractivity (Wildman–Crippen MR) is 86.3 cm³/mol. The van der Waals surface area contributed by atoms with Crippen LogP contribution in [0.2, 0.25) is 0 Å². The minimum Gasteiger partial charge on any atom is -0.449 e. The van der Waals surface area contributed by atoms with Crippen LogP contribution in [0.3, 0.4) is 0 Å². The van der Waals surface area contributed by atoms with Crippen LogP contribution in [0.4, 0.5) is 10.5 Å². The molecule has 0 aliphatic heterocycles. The highest BCUT2D eigenvalue weighted by atomic mass is 16.6. The molecule has 0 radical (unpaired) electrons. The van der Waals surface area contributed by atoms with Crippen molar-refractivity contribution >= 4 is 17.7 Å². The van der Waals surface area contributed by atoms with Crippen LogP contribution in [0.15, 0.2) is 18.2 Å². The molecule has 5 nitrogen and oxygen atoms in total. The number of nitrogens with zero attached hydrogens (tertiary/aromatic N) is 1. The summed E-state index contributed by atoms with van der Waals surface area (Å²) in [7, 11) is 0. The number of carbonyl (C=O) groups is 2. The van der Waals surface area contributed by atoms with Crippen molar-refractivity contribution in [2.45, 2.75) is 41.5 Å². The second-order valence-electron chi connectivity index (χ2n) is 6.01. The molecule has 0 spiro atoms. The number of ether oxygens (including phenoxy) is 2. The van der Waals surface area contributed by atoms with Gasteiger partial charge in [0.05, 0.1) is 17.7 Å². The van der Waals surface area contributed by atoms with E-state index in [2.05, 4.69) is 0 Å². The lowest BCUT2D eigenvalue weighted by atomic mass is 9.97. The van der Waals surface area contributed by atoms with Crippen LogP contribution < -0.4 is 9.64 Å². The Morgan fingerprint density at radius 1 is 1.18 bits per heavy atom. The van der Waals surface area contributed by atoms with E-state index in [1.54, 1.807) is 33.8 Å². The fourth-order valence-corrected chi connectivity index (χ4v) is 1.83. The Labute approximate surface area is 132 Å². The van der Waals surface area contributed by atoms with Gasteiger partial charge in [0.1, 0.15) is 0 Å². The summed E-state index contributed by atoms with van der Waals surface area (Å²) in [5, 5.41) is 0. The molecular weight excluding hydrogens is 282 g/mol. The van der Waals surface area contributed by atoms with Crippen LogP contribution >= 0.6 is 0 Å². The van der Waals surface area contributed by atoms with Crippen LogP contribution in [-0.2, 0) is 9.53 Å². The molecule has 1 rings (SSSR count). The molecule has 0 bridgehead atoms. The third kappa shape index (κ3) is 4.23. The van der Waals surface area contributed by atoms with Gasteiger partial charge >= 0.3 is 12.1 Å². The highest BCUT2D eigenvalue weighted by Gasteiger charge is 2.27. The van der Waals surface area contributed by atoms with Crippen LogP contribution in [0, 0.1) is 12.3 Å². The second kappa shape index (κ2) is 7.29. The summed E-state index contributed by atoms with van der Waals surface area (Å²) in [5.41, 5.74) is 0.706. The van der Waals surface area contributed by atoms with E-state index in [1.807, 2.05) is 26.0 Å². The Balaban J connectivity index is 3.23. The number of anilines is 1. The average Bonchev–Trinajstić information content (AvgIpc) is 2.42. The molecule has 1 aromatic carbocycles. The molecule has 0 saturated heterocycles. The third-order valence-electron chi connectivity index (χ3n) is 3.09. The van der Waals surface area contributed by atoms with E-state index in [0.717, 1.165) is 5.56 Å². The number of esters is 1. The smallest absolute Gasteiger partial charge is 0.414 e. The summed E-state index contributed by atoms with van der Waals surface area (Å²) >= 11 is 0. The van der Waals surface area contributed by atoms with Crippen molar-refractivity contribution < 1.29 is 19.1 Å². The molecule has 0 fully saturated rings. The minimum absolute atomic E-state index is 0.290. The maximum atomic E-state index is 12.2. The van der Waals surface area contributed by atoms with Gasteiger partial charge in [0.2, 0.25) is 0 Å². The van der Waals surface area contributed by atoms with Crippen molar-refractivity contribution in [2.75, 3.05) is 18.1 Å². The Morgan fingerprint density at radius 2 is 1.82 bits per heavy atom. The van der Waals surface area contributed by atoms with Gasteiger partial charge in [0, 0.05) is 6.54 Å². The molecule has 0 aliphatic carbocycles. The predicted octanol–water partition coefficient (Wildman–Crippen LogP) is 3.93. The SMILES string of the molecule is CCOC(=O)N(CC)c1cccc(C)c1OC(=O)C(C)(C)C. The zero-order chi connectivity index (χ0) is 16.9. The van der Waals surface area contributed by atoms with E-state index in [1.165, 1.54) is 4.90 Å². The first-order valence-corrected chi connectivity index (χ1v) is 7.48. The molecular formula is C17H25NO4. The zero-order valence-electron chi connectivity index (χ0n) is 14.2. The quantitative estimate of drug-likeness (QED) is 0.624. The Bertz CT molecular complexity index is 546. The molecule has 122 valence electrons.